The van der Waals surface area contributed by atoms with Crippen molar-refractivity contribution in [2.45, 2.75) is 16.1 Å². The van der Waals surface area contributed by atoms with Crippen LogP contribution in [-0.4, -0.2) is 34.2 Å². The Kier molecular flexibility index (Phi) is 3.90. The van der Waals surface area contributed by atoms with E-state index >= 15 is 0 Å². The van der Waals surface area contributed by atoms with Crippen molar-refractivity contribution < 1.29 is 22.6 Å². The fraction of sp³-hybridized carbons (Fsp3) is 0.316. The number of fused-ring (bicyclic) bond motifs is 1. The van der Waals surface area contributed by atoms with Crippen LogP contribution in [0.4, 0.5) is 0 Å². The fourth-order valence-corrected chi connectivity index (χ4v) is 6.10. The van der Waals surface area contributed by atoms with Crippen LogP contribution in [0, 0.1) is 16.7 Å². The molecule has 0 spiro atoms. The lowest BCUT2D eigenvalue weighted by molar-refractivity contribution is 0.162. The van der Waals surface area contributed by atoms with Gasteiger partial charge < -0.3 is 14.2 Å². The van der Waals surface area contributed by atoms with Crippen LogP contribution in [0.15, 0.2) is 53.4 Å². The lowest BCUT2D eigenvalue weighted by Crippen LogP contribution is -2.19. The van der Waals surface area contributed by atoms with Crippen LogP contribution in [0.1, 0.15) is 11.5 Å². The molecule has 6 nitrogen and oxygen atoms in total. The van der Waals surface area contributed by atoms with Crippen molar-refractivity contribution in [2.75, 3.05) is 20.5 Å². The minimum atomic E-state index is -3.69. The molecule has 1 fully saturated rings. The standard InChI is InChI=1S/C19H17NO5S/c1-23-11-19(10-20)17(13-7-8-15-16(9-13)25-12-24-15)18(19)26(21,22)14-5-3-2-4-6-14/h2-9,17-18H,11-12H2,1H3/t17-,18+,19+/m0/s1. The molecule has 0 aromatic heterocycles. The second-order valence-electron chi connectivity index (χ2n) is 6.45. The first-order chi connectivity index (χ1) is 12.5. The Morgan fingerprint density at radius 3 is 2.62 bits per heavy atom. The number of benzene rings is 2. The van der Waals surface area contributed by atoms with E-state index in [0.29, 0.717) is 11.5 Å². The summed E-state index contributed by atoms with van der Waals surface area (Å²) in [7, 11) is -2.22. The summed E-state index contributed by atoms with van der Waals surface area (Å²) >= 11 is 0. The molecule has 0 unspecified atom stereocenters. The molecule has 0 N–H and O–H groups in total. The third kappa shape index (κ3) is 2.37. The molecule has 0 amide bonds. The number of sulfone groups is 1. The summed E-state index contributed by atoms with van der Waals surface area (Å²) in [6.45, 7) is 0.177. The topological polar surface area (TPSA) is 85.6 Å². The van der Waals surface area contributed by atoms with Crippen molar-refractivity contribution >= 4 is 9.84 Å². The molecular weight excluding hydrogens is 354 g/mol. The highest BCUT2D eigenvalue weighted by Crippen LogP contribution is 2.64. The average Bonchev–Trinajstić information content (AvgIpc) is 3.10. The van der Waals surface area contributed by atoms with E-state index in [-0.39, 0.29) is 18.3 Å². The summed E-state index contributed by atoms with van der Waals surface area (Å²) in [5.41, 5.74) is -0.394. The van der Waals surface area contributed by atoms with Gasteiger partial charge in [-0.2, -0.15) is 5.26 Å². The van der Waals surface area contributed by atoms with Gasteiger partial charge in [0.05, 0.1) is 22.8 Å². The SMILES string of the molecule is COC[C@@]1(C#N)[C@H](S(=O)(=O)c2ccccc2)[C@@H]1c1ccc2c(c1)OCO2. The van der Waals surface area contributed by atoms with Crippen LogP contribution in [-0.2, 0) is 14.6 Å². The number of nitrogens with zero attached hydrogens (tertiary/aromatic N) is 1. The number of nitriles is 1. The Morgan fingerprint density at radius 2 is 1.92 bits per heavy atom. The Bertz CT molecular complexity index is 983. The van der Waals surface area contributed by atoms with Crippen LogP contribution in [0.2, 0.25) is 0 Å². The molecule has 1 heterocycles. The molecule has 1 saturated carbocycles. The van der Waals surface area contributed by atoms with E-state index in [4.69, 9.17) is 14.2 Å². The van der Waals surface area contributed by atoms with Crippen LogP contribution >= 0.6 is 0 Å². The maximum absolute atomic E-state index is 13.2. The maximum atomic E-state index is 13.2. The second-order valence-corrected chi connectivity index (χ2v) is 8.52. The van der Waals surface area contributed by atoms with E-state index in [1.807, 2.05) is 0 Å². The van der Waals surface area contributed by atoms with Gasteiger partial charge in [0.25, 0.3) is 0 Å². The molecule has 2 aromatic rings. The van der Waals surface area contributed by atoms with Gasteiger partial charge in [-0.1, -0.05) is 24.3 Å². The van der Waals surface area contributed by atoms with E-state index < -0.39 is 26.4 Å². The van der Waals surface area contributed by atoms with Crippen molar-refractivity contribution in [2.24, 2.45) is 5.41 Å². The number of rotatable bonds is 5. The molecule has 7 heteroatoms. The highest BCUT2D eigenvalue weighted by atomic mass is 32.2. The lowest BCUT2D eigenvalue weighted by Gasteiger charge is -2.08. The summed E-state index contributed by atoms with van der Waals surface area (Å²) in [5.74, 6) is 0.688. The number of hydrogen-bond acceptors (Lipinski definition) is 6. The third-order valence-corrected chi connectivity index (χ3v) is 7.30. The van der Waals surface area contributed by atoms with Crippen molar-refractivity contribution in [1.82, 2.24) is 0 Å². The molecule has 26 heavy (non-hydrogen) atoms. The molecule has 1 aliphatic heterocycles. The molecular formula is C19H17NO5S. The van der Waals surface area contributed by atoms with Crippen LogP contribution in [0.3, 0.4) is 0 Å². The van der Waals surface area contributed by atoms with Crippen molar-refractivity contribution in [1.29, 1.82) is 5.26 Å². The van der Waals surface area contributed by atoms with E-state index in [0.717, 1.165) is 5.56 Å². The average molecular weight is 371 g/mol. The zero-order valence-corrected chi connectivity index (χ0v) is 14.9. The second kappa shape index (κ2) is 6.01. The number of ether oxygens (including phenoxy) is 3. The van der Waals surface area contributed by atoms with Gasteiger partial charge in [0, 0.05) is 13.0 Å². The normalized spacial score (nSPS) is 26.3. The summed E-state index contributed by atoms with van der Waals surface area (Å²) < 4.78 is 42.3. The molecule has 0 bridgehead atoms. The van der Waals surface area contributed by atoms with Gasteiger partial charge in [-0.15, -0.1) is 0 Å². The van der Waals surface area contributed by atoms with Gasteiger partial charge in [-0.05, 0) is 29.8 Å². The Hall–Kier alpha value is -2.56. The molecule has 2 aromatic carbocycles. The largest absolute Gasteiger partial charge is 0.454 e. The highest BCUT2D eigenvalue weighted by Gasteiger charge is 2.72. The van der Waals surface area contributed by atoms with E-state index in [9.17, 15) is 13.7 Å². The smallest absolute Gasteiger partial charge is 0.231 e. The molecule has 134 valence electrons. The first-order valence-corrected chi connectivity index (χ1v) is 9.68. The van der Waals surface area contributed by atoms with Gasteiger partial charge in [-0.3, -0.25) is 0 Å². The van der Waals surface area contributed by atoms with E-state index in [1.54, 1.807) is 48.5 Å². The van der Waals surface area contributed by atoms with Crippen molar-refractivity contribution in [3.63, 3.8) is 0 Å². The van der Waals surface area contributed by atoms with Crippen molar-refractivity contribution in [3.8, 4) is 17.6 Å². The molecule has 3 atom stereocenters. The van der Waals surface area contributed by atoms with Gasteiger partial charge in [0.15, 0.2) is 21.3 Å². The maximum Gasteiger partial charge on any atom is 0.231 e. The van der Waals surface area contributed by atoms with Crippen LogP contribution < -0.4 is 9.47 Å². The van der Waals surface area contributed by atoms with Gasteiger partial charge in [-0.25, -0.2) is 8.42 Å². The molecule has 1 aliphatic carbocycles. The predicted molar refractivity (Wildman–Crippen MR) is 92.6 cm³/mol. The number of methoxy groups -OCH3 is 1. The zero-order valence-electron chi connectivity index (χ0n) is 14.1. The third-order valence-electron chi connectivity index (χ3n) is 5.01. The summed E-state index contributed by atoms with van der Waals surface area (Å²) in [5, 5.41) is 8.97. The summed E-state index contributed by atoms with van der Waals surface area (Å²) in [6.07, 6.45) is 0. The minimum absolute atomic E-state index is 0.0410. The molecule has 2 aliphatic rings. The highest BCUT2D eigenvalue weighted by molar-refractivity contribution is 7.92. The summed E-state index contributed by atoms with van der Waals surface area (Å²) in [6, 6.07) is 15.7. The van der Waals surface area contributed by atoms with E-state index in [1.165, 1.54) is 7.11 Å². The Morgan fingerprint density at radius 1 is 1.19 bits per heavy atom. The van der Waals surface area contributed by atoms with Gasteiger partial charge in [0.1, 0.15) is 5.41 Å². The van der Waals surface area contributed by atoms with Crippen LogP contribution in [0.5, 0.6) is 11.5 Å². The fourth-order valence-electron chi connectivity index (χ4n) is 3.77. The minimum Gasteiger partial charge on any atom is -0.454 e. The quantitative estimate of drug-likeness (QED) is 0.803. The van der Waals surface area contributed by atoms with Gasteiger partial charge >= 0.3 is 0 Å². The van der Waals surface area contributed by atoms with Gasteiger partial charge in [0.2, 0.25) is 6.79 Å². The van der Waals surface area contributed by atoms with E-state index in [2.05, 4.69) is 6.07 Å². The lowest BCUT2D eigenvalue weighted by atomic mass is 10.0. The first-order valence-electron chi connectivity index (χ1n) is 8.13. The zero-order chi connectivity index (χ0) is 18.4. The Labute approximate surface area is 151 Å². The molecule has 0 radical (unpaired) electrons. The molecule has 0 saturated heterocycles. The number of hydrogen-bond donors (Lipinski definition) is 0. The summed E-state index contributed by atoms with van der Waals surface area (Å²) in [4.78, 5) is 0.212. The monoisotopic (exact) mass is 371 g/mol. The predicted octanol–water partition coefficient (Wildman–Crippen LogP) is 2.51. The van der Waals surface area contributed by atoms with Crippen LogP contribution in [0.25, 0.3) is 0 Å². The molecule has 4 rings (SSSR count). The van der Waals surface area contributed by atoms with Crippen molar-refractivity contribution in [3.05, 3.63) is 54.1 Å². The Balaban J connectivity index is 1.79. The first kappa shape index (κ1) is 16.9.